The molecule has 0 aliphatic heterocycles. The van der Waals surface area contributed by atoms with Crippen molar-refractivity contribution in [2.45, 2.75) is 4.90 Å². The number of para-hydroxylation sites is 1. The van der Waals surface area contributed by atoms with Gasteiger partial charge in [0, 0.05) is 9.26 Å². The van der Waals surface area contributed by atoms with Crippen molar-refractivity contribution in [3.05, 3.63) is 82.4 Å². The minimum Gasteiger partial charge on any atom is -0.457 e. The van der Waals surface area contributed by atoms with Crippen molar-refractivity contribution < 1.29 is 13.2 Å². The number of hydrogen-bond acceptors (Lipinski definition) is 3. The average molecular weight is 451 g/mol. The Labute approximate surface area is 154 Å². The van der Waals surface area contributed by atoms with Crippen LogP contribution >= 0.6 is 22.6 Å². The van der Waals surface area contributed by atoms with Gasteiger partial charge in [0.05, 0.1) is 4.90 Å². The van der Waals surface area contributed by atoms with Crippen molar-refractivity contribution >= 4 is 38.3 Å². The standard InChI is InChI=1S/C18H14INO3S/c19-14-6-12-18(13-7-14)24(21,22)20-15-8-10-17(11-9-15)23-16-4-2-1-3-5-16/h1-13,20H. The molecule has 3 aromatic rings. The van der Waals surface area contributed by atoms with Crippen LogP contribution in [0.2, 0.25) is 0 Å². The van der Waals surface area contributed by atoms with E-state index in [9.17, 15) is 8.42 Å². The minimum atomic E-state index is -3.60. The average Bonchev–Trinajstić information content (AvgIpc) is 2.58. The fourth-order valence-electron chi connectivity index (χ4n) is 2.04. The van der Waals surface area contributed by atoms with Crippen LogP contribution in [-0.2, 0) is 10.0 Å². The summed E-state index contributed by atoms with van der Waals surface area (Å²) in [4.78, 5) is 0.229. The number of nitrogens with one attached hydrogen (secondary N) is 1. The van der Waals surface area contributed by atoms with Gasteiger partial charge in [-0.05, 0) is 83.3 Å². The maximum atomic E-state index is 12.3. The van der Waals surface area contributed by atoms with Crippen LogP contribution in [0.3, 0.4) is 0 Å². The topological polar surface area (TPSA) is 55.4 Å². The molecule has 0 spiro atoms. The van der Waals surface area contributed by atoms with Crippen LogP contribution < -0.4 is 9.46 Å². The zero-order valence-electron chi connectivity index (χ0n) is 12.5. The van der Waals surface area contributed by atoms with Crippen molar-refractivity contribution in [2.75, 3.05) is 4.72 Å². The summed E-state index contributed by atoms with van der Waals surface area (Å²) in [5, 5.41) is 0. The van der Waals surface area contributed by atoms with Crippen LogP contribution in [-0.4, -0.2) is 8.42 Å². The zero-order valence-corrected chi connectivity index (χ0v) is 15.5. The lowest BCUT2D eigenvalue weighted by Gasteiger charge is -2.10. The molecule has 0 aliphatic rings. The number of benzene rings is 3. The first-order valence-electron chi connectivity index (χ1n) is 7.14. The lowest BCUT2D eigenvalue weighted by molar-refractivity contribution is 0.483. The highest BCUT2D eigenvalue weighted by Gasteiger charge is 2.13. The molecule has 0 saturated carbocycles. The second-order valence-corrected chi connectivity index (χ2v) is 7.93. The molecule has 0 fully saturated rings. The van der Waals surface area contributed by atoms with Crippen LogP contribution in [0.4, 0.5) is 5.69 Å². The van der Waals surface area contributed by atoms with Crippen molar-refractivity contribution in [1.82, 2.24) is 0 Å². The molecule has 3 rings (SSSR count). The first-order valence-corrected chi connectivity index (χ1v) is 9.70. The third kappa shape index (κ3) is 4.27. The van der Waals surface area contributed by atoms with Crippen molar-refractivity contribution in [1.29, 1.82) is 0 Å². The fraction of sp³-hybridized carbons (Fsp3) is 0. The lowest BCUT2D eigenvalue weighted by atomic mass is 10.3. The van der Waals surface area contributed by atoms with Crippen LogP contribution in [0.15, 0.2) is 83.8 Å². The molecule has 3 aromatic carbocycles. The van der Waals surface area contributed by atoms with Crippen molar-refractivity contribution in [2.24, 2.45) is 0 Å². The van der Waals surface area contributed by atoms with Gasteiger partial charge in [0.2, 0.25) is 0 Å². The molecule has 1 N–H and O–H groups in total. The Morgan fingerprint density at radius 1 is 0.750 bits per heavy atom. The molecular weight excluding hydrogens is 437 g/mol. The number of hydrogen-bond donors (Lipinski definition) is 1. The maximum absolute atomic E-state index is 12.3. The van der Waals surface area contributed by atoms with Gasteiger partial charge in [-0.1, -0.05) is 18.2 Å². The largest absolute Gasteiger partial charge is 0.457 e. The third-order valence-corrected chi connectivity index (χ3v) is 5.33. The van der Waals surface area contributed by atoms with E-state index in [1.807, 2.05) is 30.3 Å². The first kappa shape index (κ1) is 16.8. The van der Waals surface area contributed by atoms with Gasteiger partial charge in [0.15, 0.2) is 0 Å². The van der Waals surface area contributed by atoms with E-state index in [0.29, 0.717) is 11.4 Å². The predicted octanol–water partition coefficient (Wildman–Crippen LogP) is 4.88. The molecule has 0 heterocycles. The van der Waals surface area contributed by atoms with E-state index in [1.165, 1.54) is 0 Å². The van der Waals surface area contributed by atoms with Gasteiger partial charge in [-0.25, -0.2) is 8.42 Å². The number of halogens is 1. The zero-order chi connectivity index (χ0) is 17.0. The lowest BCUT2D eigenvalue weighted by Crippen LogP contribution is -2.12. The molecule has 0 amide bonds. The molecule has 24 heavy (non-hydrogen) atoms. The Hall–Kier alpha value is -2.06. The summed E-state index contributed by atoms with van der Waals surface area (Å²) in [6, 6.07) is 22.8. The third-order valence-electron chi connectivity index (χ3n) is 3.21. The quantitative estimate of drug-likeness (QED) is 0.563. The van der Waals surface area contributed by atoms with Crippen LogP contribution in [0.25, 0.3) is 0 Å². The SMILES string of the molecule is O=S(=O)(Nc1ccc(Oc2ccccc2)cc1)c1ccc(I)cc1. The number of ether oxygens (including phenoxy) is 1. The van der Waals surface area contributed by atoms with E-state index < -0.39 is 10.0 Å². The first-order chi connectivity index (χ1) is 11.5. The molecule has 0 bridgehead atoms. The number of rotatable bonds is 5. The number of sulfonamides is 1. The highest BCUT2D eigenvalue weighted by molar-refractivity contribution is 14.1. The van der Waals surface area contributed by atoms with E-state index in [2.05, 4.69) is 27.3 Å². The Bertz CT molecular complexity index is 909. The van der Waals surface area contributed by atoms with Gasteiger partial charge >= 0.3 is 0 Å². The second-order valence-electron chi connectivity index (χ2n) is 5.00. The molecule has 0 aliphatic carbocycles. The maximum Gasteiger partial charge on any atom is 0.261 e. The van der Waals surface area contributed by atoms with Gasteiger partial charge < -0.3 is 4.74 Å². The summed E-state index contributed by atoms with van der Waals surface area (Å²) in [6.07, 6.45) is 0. The predicted molar refractivity (Wildman–Crippen MR) is 103 cm³/mol. The highest BCUT2D eigenvalue weighted by Crippen LogP contribution is 2.24. The smallest absolute Gasteiger partial charge is 0.261 e. The summed E-state index contributed by atoms with van der Waals surface area (Å²) in [6.45, 7) is 0. The molecule has 0 radical (unpaired) electrons. The van der Waals surface area contributed by atoms with Gasteiger partial charge in [-0.2, -0.15) is 0 Å². The summed E-state index contributed by atoms with van der Waals surface area (Å²) >= 11 is 2.13. The molecule has 122 valence electrons. The van der Waals surface area contributed by atoms with Gasteiger partial charge in [-0.3, -0.25) is 4.72 Å². The van der Waals surface area contributed by atoms with Crippen molar-refractivity contribution in [3.63, 3.8) is 0 Å². The van der Waals surface area contributed by atoms with Gasteiger partial charge in [-0.15, -0.1) is 0 Å². The summed E-state index contributed by atoms with van der Waals surface area (Å²) in [5.41, 5.74) is 0.481. The summed E-state index contributed by atoms with van der Waals surface area (Å²) in [5.74, 6) is 1.36. The molecular formula is C18H14INO3S. The monoisotopic (exact) mass is 451 g/mol. The Morgan fingerprint density at radius 2 is 1.33 bits per heavy atom. The van der Waals surface area contributed by atoms with Crippen molar-refractivity contribution in [3.8, 4) is 11.5 Å². The fourth-order valence-corrected chi connectivity index (χ4v) is 3.46. The van der Waals surface area contributed by atoms with Gasteiger partial charge in [0.1, 0.15) is 11.5 Å². The Kier molecular flexibility index (Phi) is 5.06. The van der Waals surface area contributed by atoms with E-state index in [0.717, 1.165) is 9.32 Å². The Morgan fingerprint density at radius 3 is 1.96 bits per heavy atom. The normalized spacial score (nSPS) is 11.0. The summed E-state index contributed by atoms with van der Waals surface area (Å²) < 4.78 is 33.9. The van der Waals surface area contributed by atoms with E-state index in [1.54, 1.807) is 48.5 Å². The molecule has 0 unspecified atom stereocenters. The number of anilines is 1. The Balaban J connectivity index is 1.73. The molecule has 0 aromatic heterocycles. The molecule has 6 heteroatoms. The molecule has 0 saturated heterocycles. The summed E-state index contributed by atoms with van der Waals surface area (Å²) in [7, 11) is -3.60. The second kappa shape index (κ2) is 7.23. The van der Waals surface area contributed by atoms with E-state index in [-0.39, 0.29) is 4.90 Å². The highest BCUT2D eigenvalue weighted by atomic mass is 127. The van der Waals surface area contributed by atoms with Crippen LogP contribution in [0, 0.1) is 3.57 Å². The van der Waals surface area contributed by atoms with Crippen LogP contribution in [0.5, 0.6) is 11.5 Å². The molecule has 0 atom stereocenters. The van der Waals surface area contributed by atoms with Gasteiger partial charge in [0.25, 0.3) is 10.0 Å². The minimum absolute atomic E-state index is 0.229. The molecule has 4 nitrogen and oxygen atoms in total. The van der Waals surface area contributed by atoms with E-state index in [4.69, 9.17) is 4.74 Å². The van der Waals surface area contributed by atoms with Crippen LogP contribution in [0.1, 0.15) is 0 Å². The van der Waals surface area contributed by atoms with E-state index >= 15 is 0 Å².